The van der Waals surface area contributed by atoms with Gasteiger partial charge >= 0.3 is 0 Å². The molecule has 0 N–H and O–H groups in total. The molecule has 2 aromatic heterocycles. The van der Waals surface area contributed by atoms with Gasteiger partial charge in [0.05, 0.1) is 16.8 Å². The first kappa shape index (κ1) is 22.8. The SMILES string of the molecule is CCn1c(C)cc(C(=O)N2CCC(c3ncnc4cc(N5CCN(C)CC5)ccc34)CC2)c1C. The third kappa shape index (κ3) is 4.17. The van der Waals surface area contributed by atoms with Gasteiger partial charge in [-0.2, -0.15) is 0 Å². The summed E-state index contributed by atoms with van der Waals surface area (Å²) in [5.74, 6) is 0.516. The Kier molecular flexibility index (Phi) is 6.30. The number of likely N-dealkylation sites (N-methyl/N-ethyl adjacent to an activating group) is 1. The zero-order chi connectivity index (χ0) is 23.8. The first-order valence-electron chi connectivity index (χ1n) is 12.6. The lowest BCUT2D eigenvalue weighted by Crippen LogP contribution is -2.44. The molecular formula is C27H36N6O. The topological polar surface area (TPSA) is 57.5 Å². The lowest BCUT2D eigenvalue weighted by Gasteiger charge is -2.34. The van der Waals surface area contributed by atoms with Crippen LogP contribution in [0.4, 0.5) is 5.69 Å². The zero-order valence-corrected chi connectivity index (χ0v) is 20.9. The Morgan fingerprint density at radius 3 is 2.41 bits per heavy atom. The normalized spacial score (nSPS) is 18.1. The van der Waals surface area contributed by atoms with Crippen LogP contribution in [-0.4, -0.2) is 76.6 Å². The summed E-state index contributed by atoms with van der Waals surface area (Å²) in [6, 6.07) is 8.69. The summed E-state index contributed by atoms with van der Waals surface area (Å²) in [6.07, 6.45) is 3.58. The fraction of sp³-hybridized carbons (Fsp3) is 0.519. The minimum Gasteiger partial charge on any atom is -0.369 e. The molecule has 0 unspecified atom stereocenters. The Labute approximate surface area is 202 Å². The quantitative estimate of drug-likeness (QED) is 0.592. The van der Waals surface area contributed by atoms with Crippen LogP contribution in [0.3, 0.4) is 0 Å². The maximum Gasteiger partial charge on any atom is 0.255 e. The van der Waals surface area contributed by atoms with Gasteiger partial charge in [-0.1, -0.05) is 0 Å². The smallest absolute Gasteiger partial charge is 0.255 e. The zero-order valence-electron chi connectivity index (χ0n) is 20.9. The highest BCUT2D eigenvalue weighted by Gasteiger charge is 2.28. The summed E-state index contributed by atoms with van der Waals surface area (Å²) in [5, 5.41) is 1.15. The average Bonchev–Trinajstić information content (AvgIpc) is 3.16. The fourth-order valence-corrected chi connectivity index (χ4v) is 5.68. The molecule has 7 nitrogen and oxygen atoms in total. The number of benzene rings is 1. The van der Waals surface area contributed by atoms with Gasteiger partial charge < -0.3 is 19.3 Å². The average molecular weight is 461 g/mol. The molecule has 34 heavy (non-hydrogen) atoms. The van der Waals surface area contributed by atoms with E-state index in [9.17, 15) is 4.79 Å². The van der Waals surface area contributed by atoms with Gasteiger partial charge in [0.1, 0.15) is 6.33 Å². The van der Waals surface area contributed by atoms with Crippen LogP contribution in [0.1, 0.15) is 53.1 Å². The van der Waals surface area contributed by atoms with E-state index in [1.807, 2.05) is 11.0 Å². The highest BCUT2D eigenvalue weighted by molar-refractivity contribution is 5.96. The van der Waals surface area contributed by atoms with Crippen molar-refractivity contribution in [2.75, 3.05) is 51.2 Å². The fourth-order valence-electron chi connectivity index (χ4n) is 5.68. The third-order valence-corrected chi connectivity index (χ3v) is 7.81. The Balaban J connectivity index is 1.30. The van der Waals surface area contributed by atoms with Gasteiger partial charge in [-0.3, -0.25) is 4.79 Å². The van der Waals surface area contributed by atoms with E-state index in [-0.39, 0.29) is 5.91 Å². The van der Waals surface area contributed by atoms with Crippen molar-refractivity contribution in [2.45, 2.75) is 46.1 Å². The number of amides is 1. The van der Waals surface area contributed by atoms with Crippen LogP contribution >= 0.6 is 0 Å². The van der Waals surface area contributed by atoms with Crippen LogP contribution in [-0.2, 0) is 6.54 Å². The van der Waals surface area contributed by atoms with Crippen LogP contribution in [0.25, 0.3) is 10.9 Å². The van der Waals surface area contributed by atoms with Gasteiger partial charge in [0.2, 0.25) is 0 Å². The number of carbonyl (C=O) groups excluding carboxylic acids is 1. The molecule has 2 aliphatic rings. The van der Waals surface area contributed by atoms with Crippen LogP contribution in [0.15, 0.2) is 30.6 Å². The molecule has 180 valence electrons. The molecule has 1 amide bonds. The molecule has 0 saturated carbocycles. The number of likely N-dealkylation sites (tertiary alicyclic amines) is 1. The lowest BCUT2D eigenvalue weighted by molar-refractivity contribution is 0.0711. The number of aryl methyl sites for hydroxylation is 1. The molecule has 4 heterocycles. The molecule has 5 rings (SSSR count). The number of hydrogen-bond acceptors (Lipinski definition) is 5. The summed E-state index contributed by atoms with van der Waals surface area (Å²) < 4.78 is 2.21. The van der Waals surface area contributed by atoms with E-state index in [0.717, 1.165) is 92.2 Å². The Bertz CT molecular complexity index is 1190. The third-order valence-electron chi connectivity index (χ3n) is 7.81. The number of fused-ring (bicyclic) bond motifs is 1. The van der Waals surface area contributed by atoms with Gasteiger partial charge in [0.15, 0.2) is 0 Å². The number of hydrogen-bond donors (Lipinski definition) is 0. The Morgan fingerprint density at radius 1 is 1.00 bits per heavy atom. The summed E-state index contributed by atoms with van der Waals surface area (Å²) in [6.45, 7) is 13.0. The predicted octanol–water partition coefficient (Wildman–Crippen LogP) is 3.84. The molecule has 0 bridgehead atoms. The minimum absolute atomic E-state index is 0.163. The molecule has 2 aliphatic heterocycles. The molecule has 0 aliphatic carbocycles. The molecule has 1 aromatic carbocycles. The number of anilines is 1. The number of rotatable bonds is 4. The van der Waals surface area contributed by atoms with E-state index >= 15 is 0 Å². The standard InChI is InChI=1S/C27H36N6O/c1-5-33-19(2)16-24(20(33)3)27(34)32-10-8-21(9-11-32)26-23-7-6-22(17-25(23)28-18-29-26)31-14-12-30(4)13-15-31/h6-7,16-18,21H,5,8-15H2,1-4H3. The van der Waals surface area contributed by atoms with E-state index in [0.29, 0.717) is 5.92 Å². The molecule has 3 aromatic rings. The largest absolute Gasteiger partial charge is 0.369 e. The van der Waals surface area contributed by atoms with Gasteiger partial charge in [-0.25, -0.2) is 9.97 Å². The van der Waals surface area contributed by atoms with E-state index < -0.39 is 0 Å². The van der Waals surface area contributed by atoms with Crippen molar-refractivity contribution in [3.8, 4) is 0 Å². The second-order valence-electron chi connectivity index (χ2n) is 9.85. The van der Waals surface area contributed by atoms with Crippen molar-refractivity contribution in [1.29, 1.82) is 0 Å². The molecule has 2 fully saturated rings. The van der Waals surface area contributed by atoms with Crippen LogP contribution < -0.4 is 4.90 Å². The van der Waals surface area contributed by atoms with Crippen molar-refractivity contribution in [3.05, 3.63) is 53.2 Å². The number of aromatic nitrogens is 3. The first-order valence-corrected chi connectivity index (χ1v) is 12.6. The van der Waals surface area contributed by atoms with Crippen molar-refractivity contribution < 1.29 is 4.79 Å². The molecule has 7 heteroatoms. The lowest BCUT2D eigenvalue weighted by atomic mass is 9.90. The van der Waals surface area contributed by atoms with Crippen molar-refractivity contribution in [3.63, 3.8) is 0 Å². The van der Waals surface area contributed by atoms with Gasteiger partial charge in [-0.05, 0) is 64.9 Å². The maximum absolute atomic E-state index is 13.2. The predicted molar refractivity (Wildman–Crippen MR) is 137 cm³/mol. The number of carbonyl (C=O) groups is 1. The van der Waals surface area contributed by atoms with Crippen LogP contribution in [0, 0.1) is 13.8 Å². The molecule has 0 radical (unpaired) electrons. The summed E-state index contributed by atoms with van der Waals surface area (Å²) in [5.41, 5.74) is 6.47. The van der Waals surface area contributed by atoms with Crippen molar-refractivity contribution in [1.82, 2.24) is 24.3 Å². The molecule has 0 spiro atoms. The highest BCUT2D eigenvalue weighted by Crippen LogP contribution is 2.33. The maximum atomic E-state index is 13.2. The van der Waals surface area contributed by atoms with Crippen molar-refractivity contribution >= 4 is 22.5 Å². The van der Waals surface area contributed by atoms with Crippen molar-refractivity contribution in [2.24, 2.45) is 0 Å². The van der Waals surface area contributed by atoms with E-state index in [2.05, 4.69) is 65.4 Å². The summed E-state index contributed by atoms with van der Waals surface area (Å²) in [7, 11) is 2.18. The van der Waals surface area contributed by atoms with E-state index in [4.69, 9.17) is 4.98 Å². The van der Waals surface area contributed by atoms with E-state index in [1.54, 1.807) is 6.33 Å². The second kappa shape index (κ2) is 9.37. The minimum atomic E-state index is 0.163. The summed E-state index contributed by atoms with van der Waals surface area (Å²) in [4.78, 5) is 29.4. The van der Waals surface area contributed by atoms with Gasteiger partial charge in [0.25, 0.3) is 5.91 Å². The van der Waals surface area contributed by atoms with Gasteiger partial charge in [-0.15, -0.1) is 0 Å². The highest BCUT2D eigenvalue weighted by atomic mass is 16.2. The number of piperidine rings is 1. The molecular weight excluding hydrogens is 424 g/mol. The molecule has 0 atom stereocenters. The Hall–Kier alpha value is -2.93. The first-order chi connectivity index (χ1) is 16.5. The van der Waals surface area contributed by atoms with Crippen LogP contribution in [0.5, 0.6) is 0 Å². The number of nitrogens with zero attached hydrogens (tertiary/aromatic N) is 6. The number of piperazine rings is 1. The second-order valence-corrected chi connectivity index (χ2v) is 9.85. The van der Waals surface area contributed by atoms with Crippen LogP contribution in [0.2, 0.25) is 0 Å². The van der Waals surface area contributed by atoms with Gasteiger partial charge in [0, 0.05) is 74.2 Å². The monoisotopic (exact) mass is 460 g/mol. The summed E-state index contributed by atoms with van der Waals surface area (Å²) >= 11 is 0. The Morgan fingerprint density at radius 2 is 1.74 bits per heavy atom. The molecule has 2 saturated heterocycles. The van der Waals surface area contributed by atoms with E-state index in [1.165, 1.54) is 5.69 Å².